The maximum atomic E-state index is 9.66. The third kappa shape index (κ3) is 1.48. The van der Waals surface area contributed by atoms with Gasteiger partial charge in [0.25, 0.3) is 0 Å². The van der Waals surface area contributed by atoms with Gasteiger partial charge in [0.2, 0.25) is 0 Å². The first-order chi connectivity index (χ1) is 7.25. The maximum absolute atomic E-state index is 9.66. The molecule has 0 bridgehead atoms. The molecule has 2 unspecified atom stereocenters. The van der Waals surface area contributed by atoms with Gasteiger partial charge in [-0.15, -0.1) is 0 Å². The number of rotatable bonds is 2. The molecule has 15 heavy (non-hydrogen) atoms. The van der Waals surface area contributed by atoms with Crippen LogP contribution in [-0.4, -0.2) is 11.2 Å². The molecular formula is C13H16O2. The number of fused-ring (bicyclic) bond motifs is 1. The second-order valence-corrected chi connectivity index (χ2v) is 4.82. The van der Waals surface area contributed by atoms with Crippen LogP contribution >= 0.6 is 0 Å². The number of para-hydroxylation sites is 1. The average molecular weight is 204 g/mol. The maximum Gasteiger partial charge on any atom is 0.164 e. The van der Waals surface area contributed by atoms with E-state index in [0.29, 0.717) is 5.92 Å². The summed E-state index contributed by atoms with van der Waals surface area (Å²) in [6.45, 7) is 2.27. The number of phenols is 1. The Bertz CT molecular complexity index is 382. The van der Waals surface area contributed by atoms with E-state index in [0.717, 1.165) is 23.7 Å². The Morgan fingerprint density at radius 1 is 1.40 bits per heavy atom. The molecular weight excluding hydrogens is 188 g/mol. The summed E-state index contributed by atoms with van der Waals surface area (Å²) in [4.78, 5) is 0. The van der Waals surface area contributed by atoms with Gasteiger partial charge in [-0.2, -0.15) is 0 Å². The third-order valence-electron chi connectivity index (χ3n) is 3.72. The van der Waals surface area contributed by atoms with Crippen LogP contribution in [-0.2, 0) is 6.42 Å². The van der Waals surface area contributed by atoms with Crippen LogP contribution in [0.3, 0.4) is 0 Å². The first kappa shape index (κ1) is 9.08. The molecule has 1 aliphatic heterocycles. The summed E-state index contributed by atoms with van der Waals surface area (Å²) in [5.74, 6) is 2.48. The molecule has 1 heterocycles. The van der Waals surface area contributed by atoms with Crippen LogP contribution in [0.15, 0.2) is 18.2 Å². The summed E-state index contributed by atoms with van der Waals surface area (Å²) in [7, 11) is 0. The Hall–Kier alpha value is -1.18. The molecule has 2 heteroatoms. The van der Waals surface area contributed by atoms with Gasteiger partial charge in [-0.3, -0.25) is 0 Å². The second kappa shape index (κ2) is 3.16. The molecule has 80 valence electrons. The fraction of sp³-hybridized carbons (Fsp3) is 0.538. The fourth-order valence-corrected chi connectivity index (χ4v) is 2.50. The van der Waals surface area contributed by atoms with Crippen LogP contribution in [0.1, 0.15) is 25.3 Å². The Morgan fingerprint density at radius 2 is 2.20 bits per heavy atom. The Kier molecular flexibility index (Phi) is 1.91. The van der Waals surface area contributed by atoms with E-state index in [1.807, 2.05) is 6.07 Å². The van der Waals surface area contributed by atoms with E-state index in [2.05, 4.69) is 13.0 Å². The van der Waals surface area contributed by atoms with Crippen molar-refractivity contribution in [2.45, 2.75) is 32.3 Å². The topological polar surface area (TPSA) is 29.5 Å². The number of phenolic OH excluding ortho intramolecular Hbond substituents is 1. The number of ether oxygens (including phenoxy) is 1. The predicted octanol–water partition coefficient (Wildman–Crippen LogP) is 2.74. The molecule has 3 rings (SSSR count). The lowest BCUT2D eigenvalue weighted by Gasteiger charge is -2.18. The van der Waals surface area contributed by atoms with Gasteiger partial charge in [-0.1, -0.05) is 19.1 Å². The highest BCUT2D eigenvalue weighted by molar-refractivity contribution is 5.48. The van der Waals surface area contributed by atoms with Crippen LogP contribution in [0.4, 0.5) is 0 Å². The third-order valence-corrected chi connectivity index (χ3v) is 3.72. The van der Waals surface area contributed by atoms with E-state index in [1.165, 1.54) is 12.8 Å². The van der Waals surface area contributed by atoms with E-state index >= 15 is 0 Å². The van der Waals surface area contributed by atoms with Crippen LogP contribution in [0.2, 0.25) is 0 Å². The van der Waals surface area contributed by atoms with Crippen molar-refractivity contribution in [2.24, 2.45) is 11.8 Å². The standard InChI is InChI=1S/C13H16O2/c1-8(9-5-6-9)12-7-10-3-2-4-11(14)13(10)15-12/h2-4,8-9,12,14H,5-7H2,1H3. The quantitative estimate of drug-likeness (QED) is 0.802. The molecule has 0 saturated heterocycles. The molecule has 1 aromatic rings. The van der Waals surface area contributed by atoms with Gasteiger partial charge in [-0.25, -0.2) is 0 Å². The summed E-state index contributed by atoms with van der Waals surface area (Å²) < 4.78 is 5.85. The van der Waals surface area contributed by atoms with E-state index in [1.54, 1.807) is 6.07 Å². The highest BCUT2D eigenvalue weighted by Crippen LogP contribution is 2.45. The first-order valence-electron chi connectivity index (χ1n) is 5.73. The Balaban J connectivity index is 1.82. The molecule has 1 aliphatic carbocycles. The molecule has 1 saturated carbocycles. The normalized spacial score (nSPS) is 25.8. The van der Waals surface area contributed by atoms with Crippen molar-refractivity contribution in [2.75, 3.05) is 0 Å². The van der Waals surface area contributed by atoms with Crippen molar-refractivity contribution < 1.29 is 9.84 Å². The lowest BCUT2D eigenvalue weighted by atomic mass is 9.95. The minimum atomic E-state index is 0.279. The first-order valence-corrected chi connectivity index (χ1v) is 5.73. The molecule has 0 amide bonds. The summed E-state index contributed by atoms with van der Waals surface area (Å²) >= 11 is 0. The SMILES string of the molecule is CC(C1CC1)C1Cc2cccc(O)c2O1. The lowest BCUT2D eigenvalue weighted by Crippen LogP contribution is -2.24. The minimum Gasteiger partial charge on any atom is -0.504 e. The zero-order valence-corrected chi connectivity index (χ0v) is 8.94. The largest absolute Gasteiger partial charge is 0.504 e. The molecule has 1 fully saturated rings. The Morgan fingerprint density at radius 3 is 2.87 bits per heavy atom. The van der Waals surface area contributed by atoms with Crippen molar-refractivity contribution in [3.63, 3.8) is 0 Å². The zero-order valence-electron chi connectivity index (χ0n) is 8.94. The zero-order chi connectivity index (χ0) is 10.4. The predicted molar refractivity (Wildman–Crippen MR) is 58.1 cm³/mol. The lowest BCUT2D eigenvalue weighted by molar-refractivity contribution is 0.151. The Labute approximate surface area is 89.9 Å². The fourth-order valence-electron chi connectivity index (χ4n) is 2.50. The van der Waals surface area contributed by atoms with Gasteiger partial charge in [-0.05, 0) is 30.7 Å². The van der Waals surface area contributed by atoms with Crippen molar-refractivity contribution in [3.8, 4) is 11.5 Å². The van der Waals surface area contributed by atoms with Crippen LogP contribution in [0.5, 0.6) is 11.5 Å². The smallest absolute Gasteiger partial charge is 0.164 e. The van der Waals surface area contributed by atoms with Crippen LogP contribution < -0.4 is 4.74 Å². The summed E-state index contributed by atoms with van der Waals surface area (Å²) in [6, 6.07) is 5.64. The highest BCUT2D eigenvalue weighted by atomic mass is 16.5. The summed E-state index contributed by atoms with van der Waals surface area (Å²) in [5.41, 5.74) is 1.16. The van der Waals surface area contributed by atoms with Crippen molar-refractivity contribution in [3.05, 3.63) is 23.8 Å². The minimum absolute atomic E-state index is 0.279. The van der Waals surface area contributed by atoms with Gasteiger partial charge in [0.05, 0.1) is 0 Å². The van der Waals surface area contributed by atoms with E-state index < -0.39 is 0 Å². The van der Waals surface area contributed by atoms with Crippen molar-refractivity contribution >= 4 is 0 Å². The van der Waals surface area contributed by atoms with E-state index in [-0.39, 0.29) is 11.9 Å². The molecule has 0 radical (unpaired) electrons. The highest BCUT2D eigenvalue weighted by Gasteiger charge is 2.38. The summed E-state index contributed by atoms with van der Waals surface area (Å²) in [5, 5.41) is 9.66. The molecule has 2 nitrogen and oxygen atoms in total. The van der Waals surface area contributed by atoms with Crippen molar-refractivity contribution in [1.29, 1.82) is 0 Å². The molecule has 0 spiro atoms. The number of aromatic hydroxyl groups is 1. The molecule has 2 aliphatic rings. The van der Waals surface area contributed by atoms with Gasteiger partial charge in [0, 0.05) is 12.0 Å². The van der Waals surface area contributed by atoms with E-state index in [4.69, 9.17) is 4.74 Å². The van der Waals surface area contributed by atoms with Crippen molar-refractivity contribution in [1.82, 2.24) is 0 Å². The van der Waals surface area contributed by atoms with Gasteiger partial charge in [0.1, 0.15) is 6.10 Å². The number of hydrogen-bond donors (Lipinski definition) is 1. The molecule has 0 aromatic heterocycles. The second-order valence-electron chi connectivity index (χ2n) is 4.82. The van der Waals surface area contributed by atoms with Gasteiger partial charge < -0.3 is 9.84 Å². The van der Waals surface area contributed by atoms with E-state index in [9.17, 15) is 5.11 Å². The van der Waals surface area contributed by atoms with Crippen LogP contribution in [0.25, 0.3) is 0 Å². The van der Waals surface area contributed by atoms with Crippen LogP contribution in [0, 0.1) is 11.8 Å². The van der Waals surface area contributed by atoms with Gasteiger partial charge >= 0.3 is 0 Å². The molecule has 1 N–H and O–H groups in total. The average Bonchev–Trinajstić information content (AvgIpc) is 2.97. The monoisotopic (exact) mass is 204 g/mol. The summed E-state index contributed by atoms with van der Waals surface area (Å²) in [6.07, 6.45) is 3.94. The molecule has 1 aromatic carbocycles. The number of hydrogen-bond acceptors (Lipinski definition) is 2. The number of benzene rings is 1. The van der Waals surface area contributed by atoms with Gasteiger partial charge in [0.15, 0.2) is 11.5 Å². The molecule has 2 atom stereocenters.